The minimum Gasteiger partial charge on any atom is -0.292 e. The van der Waals surface area contributed by atoms with Crippen molar-refractivity contribution >= 4 is 5.78 Å². The van der Waals surface area contributed by atoms with Gasteiger partial charge in [0.05, 0.1) is 12.0 Å². The van der Waals surface area contributed by atoms with Gasteiger partial charge >= 0.3 is 0 Å². The summed E-state index contributed by atoms with van der Waals surface area (Å²) in [7, 11) is 0. The van der Waals surface area contributed by atoms with Crippen LogP contribution < -0.4 is 0 Å². The summed E-state index contributed by atoms with van der Waals surface area (Å²) >= 11 is 0. The molecule has 0 aliphatic carbocycles. The van der Waals surface area contributed by atoms with Crippen LogP contribution in [0.4, 0.5) is 0 Å². The summed E-state index contributed by atoms with van der Waals surface area (Å²) in [5, 5.41) is 21.8. The largest absolute Gasteiger partial charge is 0.292 e. The second-order valence-corrected chi connectivity index (χ2v) is 6.46. The standard InChI is InChI=1S/C23H18N2O3/c24-17-23(20-14-8-3-9-15-20,22(26)19-12-6-2-7-13-19)21(16-25(27)28)18-10-4-1-5-11-18/h1-15,21H,16H2. The maximum Gasteiger partial charge on any atom is 0.213 e. The lowest BCUT2D eigenvalue weighted by Crippen LogP contribution is -2.43. The van der Waals surface area contributed by atoms with Gasteiger partial charge in [-0.15, -0.1) is 0 Å². The molecule has 2 atom stereocenters. The van der Waals surface area contributed by atoms with E-state index in [0.29, 0.717) is 16.7 Å². The number of benzene rings is 3. The summed E-state index contributed by atoms with van der Waals surface area (Å²) in [6, 6.07) is 28.0. The summed E-state index contributed by atoms with van der Waals surface area (Å²) in [5.74, 6) is -1.39. The van der Waals surface area contributed by atoms with E-state index < -0.39 is 28.6 Å². The molecule has 0 aromatic heterocycles. The Morgan fingerprint density at radius 1 is 0.929 bits per heavy atom. The normalized spacial score (nSPS) is 13.7. The Labute approximate surface area is 163 Å². The van der Waals surface area contributed by atoms with Crippen LogP contribution in [0.25, 0.3) is 0 Å². The molecule has 3 aromatic rings. The first-order valence-corrected chi connectivity index (χ1v) is 8.83. The van der Waals surface area contributed by atoms with Crippen molar-refractivity contribution < 1.29 is 9.72 Å². The van der Waals surface area contributed by atoms with Crippen LogP contribution in [-0.2, 0) is 5.41 Å². The van der Waals surface area contributed by atoms with Crippen LogP contribution in [0.5, 0.6) is 0 Å². The number of nitrogens with zero attached hydrogens (tertiary/aromatic N) is 2. The van der Waals surface area contributed by atoms with Gasteiger partial charge in [0.25, 0.3) is 0 Å². The zero-order valence-electron chi connectivity index (χ0n) is 15.1. The molecule has 3 rings (SSSR count). The van der Waals surface area contributed by atoms with E-state index in [0.717, 1.165) is 0 Å². The van der Waals surface area contributed by atoms with Gasteiger partial charge in [-0.25, -0.2) is 0 Å². The monoisotopic (exact) mass is 370 g/mol. The molecule has 2 unspecified atom stereocenters. The number of carbonyl (C=O) groups excluding carboxylic acids is 1. The predicted octanol–water partition coefficient (Wildman–Crippen LogP) is 4.39. The zero-order chi connectivity index (χ0) is 20.0. The first-order valence-electron chi connectivity index (χ1n) is 8.83. The molecule has 5 nitrogen and oxygen atoms in total. The second kappa shape index (κ2) is 8.28. The lowest BCUT2D eigenvalue weighted by Gasteiger charge is -2.32. The molecule has 5 heteroatoms. The summed E-state index contributed by atoms with van der Waals surface area (Å²) < 4.78 is 0. The molecule has 138 valence electrons. The third-order valence-corrected chi connectivity index (χ3v) is 4.86. The maximum atomic E-state index is 13.6. The van der Waals surface area contributed by atoms with Gasteiger partial charge in [0.15, 0.2) is 11.2 Å². The van der Waals surface area contributed by atoms with E-state index in [1.165, 1.54) is 0 Å². The molecule has 0 N–H and O–H groups in total. The molecule has 0 aliphatic heterocycles. The highest BCUT2D eigenvalue weighted by Crippen LogP contribution is 2.42. The Hall–Kier alpha value is -3.78. The Kier molecular flexibility index (Phi) is 5.61. The first-order chi connectivity index (χ1) is 13.6. The maximum absolute atomic E-state index is 13.6. The molecule has 0 spiro atoms. The summed E-state index contributed by atoms with van der Waals surface area (Å²) in [6.45, 7) is -0.537. The van der Waals surface area contributed by atoms with E-state index in [4.69, 9.17) is 0 Å². The molecule has 0 radical (unpaired) electrons. The number of Topliss-reactive ketones (excluding diaryl/α,β-unsaturated/α-hetero) is 1. The highest BCUT2D eigenvalue weighted by molar-refractivity contribution is 6.07. The average Bonchev–Trinajstić information content (AvgIpc) is 2.75. The van der Waals surface area contributed by atoms with E-state index in [-0.39, 0.29) is 0 Å². The van der Waals surface area contributed by atoms with Crippen molar-refractivity contribution in [1.82, 2.24) is 0 Å². The van der Waals surface area contributed by atoms with Crippen LogP contribution >= 0.6 is 0 Å². The first kappa shape index (κ1) is 19.0. The Balaban J connectivity index is 2.29. The summed E-state index contributed by atoms with van der Waals surface area (Å²) in [4.78, 5) is 24.7. The van der Waals surface area contributed by atoms with Crippen LogP contribution in [-0.4, -0.2) is 17.3 Å². The number of nitriles is 1. The van der Waals surface area contributed by atoms with E-state index in [2.05, 4.69) is 6.07 Å². The zero-order valence-corrected chi connectivity index (χ0v) is 15.1. The van der Waals surface area contributed by atoms with Crippen molar-refractivity contribution in [3.8, 4) is 6.07 Å². The molecule has 0 saturated carbocycles. The van der Waals surface area contributed by atoms with Crippen molar-refractivity contribution in [1.29, 1.82) is 5.26 Å². The number of hydrogen-bond acceptors (Lipinski definition) is 4. The Morgan fingerprint density at radius 3 is 1.93 bits per heavy atom. The van der Waals surface area contributed by atoms with Gasteiger partial charge < -0.3 is 0 Å². The number of hydrogen-bond donors (Lipinski definition) is 0. The molecule has 28 heavy (non-hydrogen) atoms. The van der Waals surface area contributed by atoms with E-state index in [1.807, 2.05) is 0 Å². The van der Waals surface area contributed by atoms with Crippen molar-refractivity contribution in [3.63, 3.8) is 0 Å². The van der Waals surface area contributed by atoms with Gasteiger partial charge in [-0.3, -0.25) is 14.9 Å². The van der Waals surface area contributed by atoms with Gasteiger partial charge in [-0.05, 0) is 11.1 Å². The Bertz CT molecular complexity index is 998. The fourth-order valence-electron chi connectivity index (χ4n) is 3.53. The fraction of sp³-hybridized carbons (Fsp3) is 0.130. The molecule has 3 aromatic carbocycles. The average molecular weight is 370 g/mol. The predicted molar refractivity (Wildman–Crippen MR) is 106 cm³/mol. The van der Waals surface area contributed by atoms with Gasteiger partial charge in [-0.1, -0.05) is 91.0 Å². The third kappa shape index (κ3) is 3.53. The van der Waals surface area contributed by atoms with Crippen molar-refractivity contribution in [2.45, 2.75) is 11.3 Å². The quantitative estimate of drug-likeness (QED) is 0.351. The Morgan fingerprint density at radius 2 is 1.43 bits per heavy atom. The van der Waals surface area contributed by atoms with E-state index >= 15 is 0 Å². The third-order valence-electron chi connectivity index (χ3n) is 4.86. The van der Waals surface area contributed by atoms with Crippen LogP contribution in [0.1, 0.15) is 27.4 Å². The second-order valence-electron chi connectivity index (χ2n) is 6.46. The fourth-order valence-corrected chi connectivity index (χ4v) is 3.53. The lowest BCUT2D eigenvalue weighted by atomic mass is 9.64. The SMILES string of the molecule is N#CC(C(=O)c1ccccc1)(c1ccccc1)C(C[N+](=O)[O-])c1ccccc1. The van der Waals surface area contributed by atoms with Gasteiger partial charge in [0.1, 0.15) is 0 Å². The molecule has 0 fully saturated rings. The molecule has 0 amide bonds. The molecule has 0 heterocycles. The minimum atomic E-state index is -1.73. The van der Waals surface area contributed by atoms with Gasteiger partial charge in [0, 0.05) is 10.5 Å². The highest BCUT2D eigenvalue weighted by atomic mass is 16.6. The van der Waals surface area contributed by atoms with Crippen LogP contribution in [0.2, 0.25) is 0 Å². The number of nitro groups is 1. The van der Waals surface area contributed by atoms with Gasteiger partial charge in [-0.2, -0.15) is 5.26 Å². The number of rotatable bonds is 7. The van der Waals surface area contributed by atoms with Gasteiger partial charge in [0.2, 0.25) is 6.54 Å². The van der Waals surface area contributed by atoms with Crippen LogP contribution in [0, 0.1) is 21.4 Å². The number of ketones is 1. The summed E-state index contributed by atoms with van der Waals surface area (Å²) in [5.41, 5.74) is -0.357. The van der Waals surface area contributed by atoms with Crippen molar-refractivity contribution in [2.75, 3.05) is 6.54 Å². The molecular formula is C23H18N2O3. The van der Waals surface area contributed by atoms with E-state index in [1.54, 1.807) is 91.0 Å². The van der Waals surface area contributed by atoms with E-state index in [9.17, 15) is 20.2 Å². The van der Waals surface area contributed by atoms with Crippen molar-refractivity contribution in [2.24, 2.45) is 0 Å². The smallest absolute Gasteiger partial charge is 0.213 e. The molecule has 0 saturated heterocycles. The van der Waals surface area contributed by atoms with Crippen LogP contribution in [0.15, 0.2) is 91.0 Å². The molecular weight excluding hydrogens is 352 g/mol. The number of carbonyl (C=O) groups is 1. The topological polar surface area (TPSA) is 84.0 Å². The van der Waals surface area contributed by atoms with Crippen LogP contribution in [0.3, 0.4) is 0 Å². The lowest BCUT2D eigenvalue weighted by molar-refractivity contribution is -0.484. The molecule has 0 bridgehead atoms. The molecule has 0 aliphatic rings. The minimum absolute atomic E-state index is 0.345. The highest BCUT2D eigenvalue weighted by Gasteiger charge is 2.51. The van der Waals surface area contributed by atoms with Crippen molar-refractivity contribution in [3.05, 3.63) is 118 Å². The summed E-state index contributed by atoms with van der Waals surface area (Å²) in [6.07, 6.45) is 0.